The van der Waals surface area contributed by atoms with Crippen LogP contribution in [0.4, 0.5) is 0 Å². The molecule has 1 rings (SSSR count). The Bertz CT molecular complexity index is 528. The van der Waals surface area contributed by atoms with Gasteiger partial charge in [0.25, 0.3) is 0 Å². The van der Waals surface area contributed by atoms with Crippen molar-refractivity contribution in [1.82, 2.24) is 10.2 Å². The number of carbonyl (C=O) groups is 2. The van der Waals surface area contributed by atoms with Gasteiger partial charge < -0.3 is 10.2 Å². The third-order valence-electron chi connectivity index (χ3n) is 4.11. The van der Waals surface area contributed by atoms with E-state index in [0.29, 0.717) is 25.9 Å². The Kier molecular flexibility index (Phi) is 9.13. The predicted molar refractivity (Wildman–Crippen MR) is 98.6 cm³/mol. The number of nitrogens with one attached hydrogen (secondary N) is 1. The SMILES string of the molecule is CCCCNC(=O)[C@@H](CC)N(Cc1cccc(C)c1)C(=O)CCC. The van der Waals surface area contributed by atoms with Gasteiger partial charge in [-0.1, -0.05) is 57.0 Å². The molecule has 0 spiro atoms. The van der Waals surface area contributed by atoms with Crippen LogP contribution in [0.3, 0.4) is 0 Å². The van der Waals surface area contributed by atoms with Crippen LogP contribution in [0.25, 0.3) is 0 Å². The van der Waals surface area contributed by atoms with Gasteiger partial charge in [0.05, 0.1) is 0 Å². The van der Waals surface area contributed by atoms with Crippen LogP contribution in [0.2, 0.25) is 0 Å². The van der Waals surface area contributed by atoms with Gasteiger partial charge in [0.15, 0.2) is 0 Å². The number of benzene rings is 1. The first-order valence-corrected chi connectivity index (χ1v) is 9.16. The fourth-order valence-electron chi connectivity index (χ4n) is 2.79. The van der Waals surface area contributed by atoms with Crippen LogP contribution in [0.1, 0.15) is 64.0 Å². The van der Waals surface area contributed by atoms with E-state index >= 15 is 0 Å². The summed E-state index contributed by atoms with van der Waals surface area (Å²) in [5, 5.41) is 2.98. The number of unbranched alkanes of at least 4 members (excludes halogenated alkanes) is 1. The van der Waals surface area contributed by atoms with Gasteiger partial charge in [0, 0.05) is 19.5 Å². The zero-order valence-corrected chi connectivity index (χ0v) is 15.6. The van der Waals surface area contributed by atoms with E-state index in [2.05, 4.69) is 18.3 Å². The molecule has 0 aliphatic heterocycles. The van der Waals surface area contributed by atoms with Crippen LogP contribution in [0.5, 0.6) is 0 Å². The molecule has 0 radical (unpaired) electrons. The van der Waals surface area contributed by atoms with Gasteiger partial charge in [-0.25, -0.2) is 0 Å². The molecule has 0 aliphatic carbocycles. The molecule has 4 nitrogen and oxygen atoms in total. The van der Waals surface area contributed by atoms with E-state index in [-0.39, 0.29) is 11.8 Å². The first-order chi connectivity index (χ1) is 11.5. The Morgan fingerprint density at radius 2 is 1.92 bits per heavy atom. The average molecular weight is 332 g/mol. The van der Waals surface area contributed by atoms with E-state index in [1.165, 1.54) is 0 Å². The molecule has 24 heavy (non-hydrogen) atoms. The molecule has 1 aromatic rings. The second-order valence-corrected chi connectivity index (χ2v) is 6.33. The van der Waals surface area contributed by atoms with Crippen LogP contribution in [-0.2, 0) is 16.1 Å². The van der Waals surface area contributed by atoms with Crippen molar-refractivity contribution in [1.29, 1.82) is 0 Å². The fourth-order valence-corrected chi connectivity index (χ4v) is 2.79. The monoisotopic (exact) mass is 332 g/mol. The summed E-state index contributed by atoms with van der Waals surface area (Å²) < 4.78 is 0. The summed E-state index contributed by atoms with van der Waals surface area (Å²) in [5.74, 6) is 0.0135. The zero-order chi connectivity index (χ0) is 17.9. The predicted octanol–water partition coefficient (Wildman–Crippen LogP) is 3.82. The lowest BCUT2D eigenvalue weighted by atomic mass is 10.1. The molecule has 0 heterocycles. The van der Waals surface area contributed by atoms with Crippen molar-refractivity contribution in [3.05, 3.63) is 35.4 Å². The lowest BCUT2D eigenvalue weighted by Crippen LogP contribution is -2.49. The van der Waals surface area contributed by atoms with E-state index in [1.807, 2.05) is 39.0 Å². The van der Waals surface area contributed by atoms with Crippen molar-refractivity contribution < 1.29 is 9.59 Å². The standard InChI is InChI=1S/C20H32N2O2/c1-5-8-13-21-20(24)18(7-3)22(19(23)10-6-2)15-17-12-9-11-16(4)14-17/h9,11-12,14,18H,5-8,10,13,15H2,1-4H3,(H,21,24)/t18-/m1/s1. The smallest absolute Gasteiger partial charge is 0.242 e. The minimum Gasteiger partial charge on any atom is -0.354 e. The molecule has 1 aromatic carbocycles. The molecule has 134 valence electrons. The summed E-state index contributed by atoms with van der Waals surface area (Å²) in [6.07, 6.45) is 3.89. The van der Waals surface area contributed by atoms with Crippen molar-refractivity contribution >= 4 is 11.8 Å². The van der Waals surface area contributed by atoms with Crippen LogP contribution in [0.15, 0.2) is 24.3 Å². The van der Waals surface area contributed by atoms with Crippen molar-refractivity contribution in [3.8, 4) is 0 Å². The summed E-state index contributed by atoms with van der Waals surface area (Å²) in [7, 11) is 0. The van der Waals surface area contributed by atoms with Crippen molar-refractivity contribution in [2.45, 2.75) is 72.4 Å². The highest BCUT2D eigenvalue weighted by Gasteiger charge is 2.27. The lowest BCUT2D eigenvalue weighted by Gasteiger charge is -2.30. The van der Waals surface area contributed by atoms with Gasteiger partial charge in [-0.15, -0.1) is 0 Å². The summed E-state index contributed by atoms with van der Waals surface area (Å²) in [4.78, 5) is 26.9. The normalized spacial score (nSPS) is 11.8. The van der Waals surface area contributed by atoms with Gasteiger partial charge in [-0.3, -0.25) is 9.59 Å². The van der Waals surface area contributed by atoms with E-state index in [4.69, 9.17) is 0 Å². The molecule has 0 aliphatic rings. The molecule has 0 unspecified atom stereocenters. The number of hydrogen-bond acceptors (Lipinski definition) is 2. The number of hydrogen-bond donors (Lipinski definition) is 1. The van der Waals surface area contributed by atoms with Crippen molar-refractivity contribution in [2.75, 3.05) is 6.54 Å². The Morgan fingerprint density at radius 1 is 1.17 bits per heavy atom. The minimum absolute atomic E-state index is 0.0388. The van der Waals surface area contributed by atoms with Crippen LogP contribution in [0, 0.1) is 6.92 Å². The van der Waals surface area contributed by atoms with E-state index in [9.17, 15) is 9.59 Å². The zero-order valence-electron chi connectivity index (χ0n) is 15.6. The molecular formula is C20H32N2O2. The van der Waals surface area contributed by atoms with Gasteiger partial charge in [-0.2, -0.15) is 0 Å². The quantitative estimate of drug-likeness (QED) is 0.662. The topological polar surface area (TPSA) is 49.4 Å². The van der Waals surface area contributed by atoms with Gasteiger partial charge in [0.1, 0.15) is 6.04 Å². The summed E-state index contributed by atoms with van der Waals surface area (Å²) in [6.45, 7) is 9.25. The average Bonchev–Trinajstić information content (AvgIpc) is 2.55. The molecule has 1 atom stereocenters. The van der Waals surface area contributed by atoms with E-state index in [0.717, 1.165) is 30.4 Å². The molecular weight excluding hydrogens is 300 g/mol. The highest BCUT2D eigenvalue weighted by Crippen LogP contribution is 2.15. The Hall–Kier alpha value is -1.84. The highest BCUT2D eigenvalue weighted by atomic mass is 16.2. The fraction of sp³-hybridized carbons (Fsp3) is 0.600. The largest absolute Gasteiger partial charge is 0.354 e. The maximum absolute atomic E-state index is 12.6. The Balaban J connectivity index is 2.92. The molecule has 0 fully saturated rings. The number of rotatable bonds is 10. The molecule has 0 saturated heterocycles. The van der Waals surface area contributed by atoms with Crippen molar-refractivity contribution in [2.24, 2.45) is 0 Å². The maximum atomic E-state index is 12.6. The molecule has 4 heteroatoms. The maximum Gasteiger partial charge on any atom is 0.242 e. The van der Waals surface area contributed by atoms with Crippen LogP contribution >= 0.6 is 0 Å². The molecule has 2 amide bonds. The van der Waals surface area contributed by atoms with Crippen molar-refractivity contribution in [3.63, 3.8) is 0 Å². The molecule has 1 N–H and O–H groups in total. The third kappa shape index (κ3) is 6.34. The first kappa shape index (κ1) is 20.2. The highest BCUT2D eigenvalue weighted by molar-refractivity contribution is 5.87. The van der Waals surface area contributed by atoms with Crippen LogP contribution < -0.4 is 5.32 Å². The molecule has 0 saturated carbocycles. The first-order valence-electron chi connectivity index (χ1n) is 9.16. The number of nitrogens with zero attached hydrogens (tertiary/aromatic N) is 1. The Labute approximate surface area is 146 Å². The summed E-state index contributed by atoms with van der Waals surface area (Å²) >= 11 is 0. The summed E-state index contributed by atoms with van der Waals surface area (Å²) in [6, 6.07) is 7.72. The van der Waals surface area contributed by atoms with Gasteiger partial charge in [0.2, 0.25) is 11.8 Å². The number of carbonyl (C=O) groups excluding carboxylic acids is 2. The van der Waals surface area contributed by atoms with Gasteiger partial charge in [-0.05, 0) is 31.7 Å². The molecule has 0 bridgehead atoms. The van der Waals surface area contributed by atoms with Gasteiger partial charge >= 0.3 is 0 Å². The van der Waals surface area contributed by atoms with E-state index in [1.54, 1.807) is 4.90 Å². The Morgan fingerprint density at radius 3 is 2.50 bits per heavy atom. The second kappa shape index (κ2) is 10.8. The third-order valence-corrected chi connectivity index (χ3v) is 4.11. The lowest BCUT2D eigenvalue weighted by molar-refractivity contribution is -0.141. The number of aryl methyl sites for hydroxylation is 1. The minimum atomic E-state index is -0.401. The van der Waals surface area contributed by atoms with E-state index < -0.39 is 6.04 Å². The summed E-state index contributed by atoms with van der Waals surface area (Å²) in [5.41, 5.74) is 2.23. The molecule has 0 aromatic heterocycles. The van der Waals surface area contributed by atoms with Crippen LogP contribution in [-0.4, -0.2) is 29.3 Å². The second-order valence-electron chi connectivity index (χ2n) is 6.33. The number of amides is 2.